The van der Waals surface area contributed by atoms with Crippen molar-refractivity contribution in [2.45, 2.75) is 58.5 Å². The summed E-state index contributed by atoms with van der Waals surface area (Å²) in [6.45, 7) is 6.34. The van der Waals surface area contributed by atoms with Crippen molar-refractivity contribution in [3.63, 3.8) is 0 Å². The zero-order chi connectivity index (χ0) is 27.4. The normalized spacial score (nSPS) is 18.6. The van der Waals surface area contributed by atoms with Crippen LogP contribution in [0.5, 0.6) is 0 Å². The summed E-state index contributed by atoms with van der Waals surface area (Å²) in [6, 6.07) is 7.94. The van der Waals surface area contributed by atoms with Crippen LogP contribution in [0.4, 0.5) is 20.2 Å². The predicted molar refractivity (Wildman–Crippen MR) is 145 cm³/mol. The van der Waals surface area contributed by atoms with Crippen molar-refractivity contribution >= 4 is 23.2 Å². The van der Waals surface area contributed by atoms with Gasteiger partial charge < -0.3 is 14.7 Å². The molecule has 204 valence electrons. The minimum atomic E-state index is -2.63. The van der Waals surface area contributed by atoms with Crippen LogP contribution in [0.3, 0.4) is 0 Å². The van der Waals surface area contributed by atoms with Crippen molar-refractivity contribution in [1.29, 1.82) is 0 Å². The van der Waals surface area contributed by atoms with Gasteiger partial charge in [0.15, 0.2) is 0 Å². The van der Waals surface area contributed by atoms with E-state index in [1.165, 1.54) is 0 Å². The standard InChI is InChI=1S/C30H33F2N5O2/c1-18(38)35-8-6-21(15-35)22-9-23-16-36(19(2)39)17-27(23)29(11-22)37-7-4-5-20-10-25(24-13-33-34(3)14-24)26(30(31)32)12-28(20)37/h9-14,21,30H,4-8,15-17H2,1-3H3. The summed E-state index contributed by atoms with van der Waals surface area (Å²) in [6.07, 6.45) is 3.36. The lowest BCUT2D eigenvalue weighted by Crippen LogP contribution is -2.27. The Kier molecular flexibility index (Phi) is 6.40. The summed E-state index contributed by atoms with van der Waals surface area (Å²) in [5.41, 5.74) is 7.37. The number of amides is 2. The maximum absolute atomic E-state index is 14.4. The molecule has 6 rings (SSSR count). The number of carbonyl (C=O) groups is 2. The smallest absolute Gasteiger partial charge is 0.264 e. The van der Waals surface area contributed by atoms with E-state index in [4.69, 9.17) is 0 Å². The average molecular weight is 534 g/mol. The van der Waals surface area contributed by atoms with E-state index < -0.39 is 6.43 Å². The SMILES string of the molecule is CC(=O)N1Cc2cc(C3CCN(C(C)=O)C3)cc(N3CCCc4cc(-c5cnn(C)c5)c(C(F)F)cc43)c2C1. The van der Waals surface area contributed by atoms with E-state index in [2.05, 4.69) is 22.1 Å². The number of likely N-dealkylation sites (tertiary alicyclic amines) is 1. The summed E-state index contributed by atoms with van der Waals surface area (Å²) < 4.78 is 30.5. The van der Waals surface area contributed by atoms with E-state index in [-0.39, 0.29) is 23.3 Å². The van der Waals surface area contributed by atoms with Gasteiger partial charge in [0, 0.05) is 93.8 Å². The fourth-order valence-corrected chi connectivity index (χ4v) is 6.42. The van der Waals surface area contributed by atoms with Crippen molar-refractivity contribution in [2.75, 3.05) is 24.5 Å². The van der Waals surface area contributed by atoms with Gasteiger partial charge in [-0.2, -0.15) is 5.10 Å². The monoisotopic (exact) mass is 533 g/mol. The quantitative estimate of drug-likeness (QED) is 0.456. The van der Waals surface area contributed by atoms with Gasteiger partial charge in [-0.1, -0.05) is 6.07 Å². The molecule has 0 aliphatic carbocycles. The Balaban J connectivity index is 1.46. The number of carbonyl (C=O) groups excluding carboxylic acids is 2. The second-order valence-electron chi connectivity index (χ2n) is 11.0. The molecule has 7 nitrogen and oxygen atoms in total. The van der Waals surface area contributed by atoms with Crippen LogP contribution in [0.2, 0.25) is 0 Å². The van der Waals surface area contributed by atoms with E-state index >= 15 is 0 Å². The van der Waals surface area contributed by atoms with Gasteiger partial charge in [-0.25, -0.2) is 8.78 Å². The number of rotatable bonds is 4. The topological polar surface area (TPSA) is 61.7 Å². The number of anilines is 2. The fraction of sp³-hybridized carbons (Fsp3) is 0.433. The molecule has 39 heavy (non-hydrogen) atoms. The first-order valence-electron chi connectivity index (χ1n) is 13.6. The summed E-state index contributed by atoms with van der Waals surface area (Å²) in [7, 11) is 1.78. The fourth-order valence-electron chi connectivity index (χ4n) is 6.42. The number of nitrogens with zero attached hydrogens (tertiary/aromatic N) is 5. The number of fused-ring (bicyclic) bond motifs is 2. The molecule has 4 heterocycles. The molecule has 0 saturated carbocycles. The predicted octanol–water partition coefficient (Wildman–Crippen LogP) is 5.31. The Hall–Kier alpha value is -3.75. The van der Waals surface area contributed by atoms with Crippen LogP contribution in [-0.4, -0.2) is 51.0 Å². The molecule has 1 atom stereocenters. The molecule has 0 N–H and O–H groups in total. The molecule has 2 amide bonds. The van der Waals surface area contributed by atoms with Crippen LogP contribution >= 0.6 is 0 Å². The molecule has 0 spiro atoms. The van der Waals surface area contributed by atoms with Gasteiger partial charge in [-0.15, -0.1) is 0 Å². The minimum absolute atomic E-state index is 0.000273. The summed E-state index contributed by atoms with van der Waals surface area (Å²) in [5, 5.41) is 4.20. The van der Waals surface area contributed by atoms with Gasteiger partial charge >= 0.3 is 0 Å². The molecule has 1 aromatic heterocycles. The molecule has 2 aromatic carbocycles. The van der Waals surface area contributed by atoms with Gasteiger partial charge in [0.1, 0.15) is 0 Å². The van der Waals surface area contributed by atoms with Crippen LogP contribution in [0.15, 0.2) is 36.7 Å². The molecule has 0 bridgehead atoms. The molecule has 3 aromatic rings. The number of hydrogen-bond donors (Lipinski definition) is 0. The minimum Gasteiger partial charge on any atom is -0.342 e. The van der Waals surface area contributed by atoms with Crippen molar-refractivity contribution in [3.05, 3.63) is 64.5 Å². The Morgan fingerprint density at radius 3 is 2.44 bits per heavy atom. The molecular weight excluding hydrogens is 500 g/mol. The maximum Gasteiger partial charge on any atom is 0.264 e. The van der Waals surface area contributed by atoms with E-state index in [1.807, 2.05) is 15.9 Å². The Morgan fingerprint density at radius 2 is 1.77 bits per heavy atom. The number of hydrogen-bond acceptors (Lipinski definition) is 4. The summed E-state index contributed by atoms with van der Waals surface area (Å²) in [4.78, 5) is 30.2. The van der Waals surface area contributed by atoms with E-state index in [0.29, 0.717) is 37.3 Å². The highest BCUT2D eigenvalue weighted by molar-refractivity contribution is 5.80. The highest BCUT2D eigenvalue weighted by Crippen LogP contribution is 2.45. The molecule has 3 aliphatic heterocycles. The van der Waals surface area contributed by atoms with Gasteiger partial charge in [-0.3, -0.25) is 14.3 Å². The lowest BCUT2D eigenvalue weighted by atomic mass is 9.90. The van der Waals surface area contributed by atoms with Crippen LogP contribution in [0.25, 0.3) is 11.1 Å². The van der Waals surface area contributed by atoms with Crippen LogP contribution in [-0.2, 0) is 36.1 Å². The van der Waals surface area contributed by atoms with E-state index in [0.717, 1.165) is 59.4 Å². The second-order valence-corrected chi connectivity index (χ2v) is 11.0. The number of aromatic nitrogens is 2. The first kappa shape index (κ1) is 25.5. The molecule has 9 heteroatoms. The van der Waals surface area contributed by atoms with Gasteiger partial charge in [0.2, 0.25) is 11.8 Å². The molecule has 3 aliphatic rings. The lowest BCUT2D eigenvalue weighted by Gasteiger charge is -2.34. The molecule has 0 radical (unpaired) electrons. The third-order valence-corrected chi connectivity index (χ3v) is 8.51. The molecular formula is C30H33F2N5O2. The number of alkyl halides is 2. The Labute approximate surface area is 227 Å². The maximum atomic E-state index is 14.4. The highest BCUT2D eigenvalue weighted by atomic mass is 19.3. The van der Waals surface area contributed by atoms with Crippen molar-refractivity contribution in [2.24, 2.45) is 7.05 Å². The Bertz CT molecular complexity index is 1470. The summed E-state index contributed by atoms with van der Waals surface area (Å²) in [5.74, 6) is 0.302. The zero-order valence-corrected chi connectivity index (χ0v) is 22.6. The second kappa shape index (κ2) is 9.77. The first-order valence-corrected chi connectivity index (χ1v) is 13.6. The van der Waals surface area contributed by atoms with Crippen molar-refractivity contribution < 1.29 is 18.4 Å². The van der Waals surface area contributed by atoms with Gasteiger partial charge in [-0.05, 0) is 59.7 Å². The molecule has 1 fully saturated rings. The van der Waals surface area contributed by atoms with Gasteiger partial charge in [0.25, 0.3) is 6.43 Å². The number of halogens is 2. The van der Waals surface area contributed by atoms with Crippen LogP contribution in [0.1, 0.15) is 66.8 Å². The summed E-state index contributed by atoms with van der Waals surface area (Å²) >= 11 is 0. The van der Waals surface area contributed by atoms with Crippen molar-refractivity contribution in [3.8, 4) is 11.1 Å². The number of aryl methyl sites for hydroxylation is 2. The first-order chi connectivity index (χ1) is 18.7. The third-order valence-electron chi connectivity index (χ3n) is 8.51. The zero-order valence-electron chi connectivity index (χ0n) is 22.6. The van der Waals surface area contributed by atoms with Crippen molar-refractivity contribution in [1.82, 2.24) is 19.6 Å². The van der Waals surface area contributed by atoms with E-state index in [9.17, 15) is 18.4 Å². The van der Waals surface area contributed by atoms with Crippen LogP contribution in [0, 0.1) is 0 Å². The Morgan fingerprint density at radius 1 is 0.974 bits per heavy atom. The van der Waals surface area contributed by atoms with Crippen LogP contribution < -0.4 is 4.90 Å². The molecule has 1 saturated heterocycles. The van der Waals surface area contributed by atoms with E-state index in [1.54, 1.807) is 44.0 Å². The van der Waals surface area contributed by atoms with Gasteiger partial charge in [0.05, 0.1) is 6.20 Å². The largest absolute Gasteiger partial charge is 0.342 e. The molecule has 1 unspecified atom stereocenters. The lowest BCUT2D eigenvalue weighted by molar-refractivity contribution is -0.129. The number of benzene rings is 2. The average Bonchev–Trinajstić information content (AvgIpc) is 3.66. The highest BCUT2D eigenvalue weighted by Gasteiger charge is 2.33. The third kappa shape index (κ3) is 4.57.